The van der Waals surface area contributed by atoms with Crippen LogP contribution >= 0.6 is 11.8 Å². The van der Waals surface area contributed by atoms with Crippen LogP contribution in [0.3, 0.4) is 0 Å². The highest BCUT2D eigenvalue weighted by Crippen LogP contribution is 2.30. The highest BCUT2D eigenvalue weighted by molar-refractivity contribution is 8.00. The minimum Gasteiger partial charge on any atom is -0.460 e. The Labute approximate surface area is 174 Å². The van der Waals surface area contributed by atoms with Crippen LogP contribution in [0.2, 0.25) is 0 Å². The summed E-state index contributed by atoms with van der Waals surface area (Å²) in [6.45, 7) is 12.0. The smallest absolute Gasteiger partial charge is 0.308 e. The van der Waals surface area contributed by atoms with E-state index in [0.29, 0.717) is 16.1 Å². The summed E-state index contributed by atoms with van der Waals surface area (Å²) >= 11 is 1.56. The normalized spacial score (nSPS) is 12.5. The molecule has 1 aromatic carbocycles. The molecule has 0 N–H and O–H groups in total. The molecule has 3 rings (SSSR count). The number of carbonyl (C=O) groups is 1. The fourth-order valence-corrected chi connectivity index (χ4v) is 3.82. The van der Waals surface area contributed by atoms with E-state index in [-0.39, 0.29) is 29.2 Å². The number of fused-ring (bicyclic) bond motifs is 3. The van der Waals surface area contributed by atoms with E-state index in [1.54, 1.807) is 22.5 Å². The zero-order valence-corrected chi connectivity index (χ0v) is 18.6. The van der Waals surface area contributed by atoms with E-state index in [2.05, 4.69) is 30.7 Å². The van der Waals surface area contributed by atoms with Crippen molar-refractivity contribution in [2.75, 3.05) is 0 Å². The van der Waals surface area contributed by atoms with Gasteiger partial charge in [0.25, 0.3) is 5.56 Å². The Hall–Kier alpha value is -2.41. The van der Waals surface area contributed by atoms with Crippen molar-refractivity contribution in [1.82, 2.24) is 14.5 Å². The molecule has 0 spiro atoms. The van der Waals surface area contributed by atoms with E-state index < -0.39 is 5.60 Å². The molecule has 0 bridgehead atoms. The van der Waals surface area contributed by atoms with E-state index >= 15 is 0 Å². The van der Waals surface area contributed by atoms with Crippen LogP contribution in [0.15, 0.2) is 40.4 Å². The largest absolute Gasteiger partial charge is 0.460 e. The minimum absolute atomic E-state index is 0.0358. The molecule has 0 amide bonds. The summed E-state index contributed by atoms with van der Waals surface area (Å²) in [6, 6.07) is 7.62. The lowest BCUT2D eigenvalue weighted by Gasteiger charge is -2.20. The quantitative estimate of drug-likeness (QED) is 0.270. The molecule has 0 aliphatic rings. The molecule has 2 heterocycles. The van der Waals surface area contributed by atoms with Crippen molar-refractivity contribution in [1.29, 1.82) is 0 Å². The number of ether oxygens (including phenoxy) is 1. The van der Waals surface area contributed by atoms with Gasteiger partial charge in [-0.05, 0) is 26.8 Å². The number of hydrogen-bond donors (Lipinski definition) is 0. The van der Waals surface area contributed by atoms with E-state index in [0.717, 1.165) is 10.9 Å². The fourth-order valence-electron chi connectivity index (χ4n) is 3.03. The van der Waals surface area contributed by atoms with Crippen molar-refractivity contribution in [3.8, 4) is 0 Å². The number of carbonyl (C=O) groups excluding carboxylic acids is 1. The second-order valence-electron chi connectivity index (χ2n) is 8.94. The van der Waals surface area contributed by atoms with Gasteiger partial charge < -0.3 is 9.30 Å². The fraction of sp³-hybridized carbons (Fsp3) is 0.455. The number of aromatic nitrogens is 3. The van der Waals surface area contributed by atoms with Gasteiger partial charge in [0.05, 0.1) is 22.8 Å². The molecule has 2 aromatic heterocycles. The Kier molecular flexibility index (Phi) is 5.72. The van der Waals surface area contributed by atoms with Crippen LogP contribution < -0.4 is 5.56 Å². The van der Waals surface area contributed by atoms with Crippen molar-refractivity contribution in [3.63, 3.8) is 0 Å². The first-order valence-electron chi connectivity index (χ1n) is 9.64. The van der Waals surface area contributed by atoms with Gasteiger partial charge in [-0.3, -0.25) is 9.59 Å². The van der Waals surface area contributed by atoms with E-state index in [1.165, 1.54) is 0 Å². The number of hydrogen-bond acceptors (Lipinski definition) is 6. The molecular weight excluding hydrogens is 386 g/mol. The number of pyridine rings is 1. The standard InChI is InChI=1S/C22H27N3O3S/c1-21(2,3)28-17(26)11-12-25-16-10-8-7-9-14(16)18-15(19(25)27)13-23-20(24-18)29-22(4,5)6/h7-10,13H,11-12H2,1-6H3. The van der Waals surface area contributed by atoms with Crippen molar-refractivity contribution in [2.24, 2.45) is 0 Å². The Bertz CT molecular complexity index is 1120. The first-order valence-corrected chi connectivity index (χ1v) is 10.5. The molecule has 154 valence electrons. The third kappa shape index (κ3) is 5.15. The number of nitrogens with zero attached hydrogens (tertiary/aromatic N) is 3. The Morgan fingerprint density at radius 1 is 1.10 bits per heavy atom. The number of para-hydroxylation sites is 1. The van der Waals surface area contributed by atoms with Gasteiger partial charge >= 0.3 is 5.97 Å². The molecule has 0 radical (unpaired) electrons. The monoisotopic (exact) mass is 413 g/mol. The second-order valence-corrected chi connectivity index (χ2v) is 10.7. The van der Waals surface area contributed by atoms with Gasteiger partial charge in [0.2, 0.25) is 0 Å². The highest BCUT2D eigenvalue weighted by atomic mass is 32.2. The average Bonchev–Trinajstić information content (AvgIpc) is 2.58. The van der Waals surface area contributed by atoms with Crippen LogP contribution in [0, 0.1) is 0 Å². The number of thioether (sulfide) groups is 1. The SMILES string of the molecule is CC(C)(C)OC(=O)CCn1c(=O)c2cnc(SC(C)(C)C)nc2c2ccccc21. The molecule has 0 saturated carbocycles. The molecule has 6 nitrogen and oxygen atoms in total. The number of rotatable bonds is 4. The van der Waals surface area contributed by atoms with Gasteiger partial charge in [0.1, 0.15) is 5.60 Å². The molecule has 0 atom stereocenters. The van der Waals surface area contributed by atoms with Gasteiger partial charge in [-0.15, -0.1) is 0 Å². The third-order valence-corrected chi connectivity index (χ3v) is 5.04. The van der Waals surface area contributed by atoms with Gasteiger partial charge in [-0.25, -0.2) is 9.97 Å². The predicted molar refractivity (Wildman–Crippen MR) is 117 cm³/mol. The molecular formula is C22H27N3O3S. The van der Waals surface area contributed by atoms with Gasteiger partial charge in [0, 0.05) is 22.9 Å². The van der Waals surface area contributed by atoms with Crippen molar-refractivity contribution < 1.29 is 9.53 Å². The van der Waals surface area contributed by atoms with Gasteiger partial charge in [-0.2, -0.15) is 0 Å². The second kappa shape index (κ2) is 7.78. The molecule has 3 aromatic rings. The molecule has 0 fully saturated rings. The summed E-state index contributed by atoms with van der Waals surface area (Å²) < 4.78 is 6.96. The highest BCUT2D eigenvalue weighted by Gasteiger charge is 2.19. The maximum absolute atomic E-state index is 13.2. The minimum atomic E-state index is -0.553. The lowest BCUT2D eigenvalue weighted by atomic mass is 10.1. The number of esters is 1. The Morgan fingerprint density at radius 3 is 2.45 bits per heavy atom. The predicted octanol–water partition coefficient (Wildman–Crippen LogP) is 4.57. The van der Waals surface area contributed by atoms with Crippen molar-refractivity contribution in [2.45, 2.75) is 70.0 Å². The van der Waals surface area contributed by atoms with Crippen LogP contribution in [0.1, 0.15) is 48.0 Å². The van der Waals surface area contributed by atoms with E-state index in [1.807, 2.05) is 45.0 Å². The molecule has 7 heteroatoms. The molecule has 29 heavy (non-hydrogen) atoms. The lowest BCUT2D eigenvalue weighted by molar-refractivity contribution is -0.155. The summed E-state index contributed by atoms with van der Waals surface area (Å²) in [5, 5.41) is 1.96. The first kappa shape index (κ1) is 21.3. The van der Waals surface area contributed by atoms with Gasteiger partial charge in [0.15, 0.2) is 5.16 Å². The van der Waals surface area contributed by atoms with Crippen LogP contribution in [0.4, 0.5) is 0 Å². The summed E-state index contributed by atoms with van der Waals surface area (Å²) in [4.78, 5) is 34.4. The summed E-state index contributed by atoms with van der Waals surface area (Å²) in [7, 11) is 0. The Balaban J connectivity index is 2.07. The van der Waals surface area contributed by atoms with Crippen LogP contribution in [-0.2, 0) is 16.1 Å². The topological polar surface area (TPSA) is 74.1 Å². The molecule has 0 aliphatic heterocycles. The van der Waals surface area contributed by atoms with Crippen molar-refractivity contribution >= 4 is 39.5 Å². The summed E-state index contributed by atoms with van der Waals surface area (Å²) in [5.74, 6) is -0.332. The third-order valence-electron chi connectivity index (χ3n) is 4.05. The van der Waals surface area contributed by atoms with Crippen molar-refractivity contribution in [3.05, 3.63) is 40.8 Å². The van der Waals surface area contributed by atoms with E-state index in [4.69, 9.17) is 4.74 Å². The number of aryl methyl sites for hydroxylation is 1. The lowest BCUT2D eigenvalue weighted by Crippen LogP contribution is -2.27. The van der Waals surface area contributed by atoms with Crippen LogP contribution in [0.25, 0.3) is 21.8 Å². The zero-order valence-electron chi connectivity index (χ0n) is 17.8. The van der Waals surface area contributed by atoms with Crippen LogP contribution in [0.5, 0.6) is 0 Å². The summed E-state index contributed by atoms with van der Waals surface area (Å²) in [6.07, 6.45) is 1.71. The molecule has 0 saturated heterocycles. The maximum Gasteiger partial charge on any atom is 0.308 e. The zero-order chi connectivity index (χ0) is 21.4. The maximum atomic E-state index is 13.2. The molecule has 0 unspecified atom stereocenters. The van der Waals surface area contributed by atoms with Gasteiger partial charge in [-0.1, -0.05) is 50.7 Å². The summed E-state index contributed by atoms with van der Waals surface area (Å²) in [5.41, 5.74) is 0.636. The average molecular weight is 414 g/mol. The van der Waals surface area contributed by atoms with Crippen LogP contribution in [-0.4, -0.2) is 30.9 Å². The molecule has 0 aliphatic carbocycles. The Morgan fingerprint density at radius 2 is 1.79 bits per heavy atom. The van der Waals surface area contributed by atoms with E-state index in [9.17, 15) is 9.59 Å². The first-order chi connectivity index (χ1) is 13.4. The number of benzene rings is 1.